The van der Waals surface area contributed by atoms with Crippen molar-refractivity contribution in [1.82, 2.24) is 30.1 Å². The second kappa shape index (κ2) is 6.82. The number of rotatable bonds is 4. The van der Waals surface area contributed by atoms with E-state index in [-0.39, 0.29) is 5.75 Å². The number of hydrogen-bond acceptors (Lipinski definition) is 7. The van der Waals surface area contributed by atoms with Crippen LogP contribution < -0.4 is 10.2 Å². The summed E-state index contributed by atoms with van der Waals surface area (Å²) >= 11 is 1.60. The summed E-state index contributed by atoms with van der Waals surface area (Å²) in [7, 11) is 2.15. The van der Waals surface area contributed by atoms with Gasteiger partial charge in [0.05, 0.1) is 18.1 Å². The lowest BCUT2D eigenvalue weighted by Gasteiger charge is -2.35. The summed E-state index contributed by atoms with van der Waals surface area (Å²) in [5.41, 5.74) is 3.26. The van der Waals surface area contributed by atoms with Crippen molar-refractivity contribution >= 4 is 21.4 Å². The molecule has 4 aromatic rings. The molecule has 3 aromatic heterocycles. The topological polar surface area (TPSA) is 94.4 Å². The third kappa shape index (κ3) is 2.96. The minimum atomic E-state index is 0.196. The summed E-state index contributed by atoms with van der Waals surface area (Å²) in [5.74, 6) is 0.196. The van der Waals surface area contributed by atoms with Gasteiger partial charge in [-0.05, 0) is 43.4 Å². The van der Waals surface area contributed by atoms with Crippen molar-refractivity contribution in [2.45, 2.75) is 43.8 Å². The van der Waals surface area contributed by atoms with Gasteiger partial charge in [0.2, 0.25) is 10.1 Å². The van der Waals surface area contributed by atoms with Gasteiger partial charge in [-0.1, -0.05) is 17.4 Å². The molecule has 3 N–H and O–H groups in total. The van der Waals surface area contributed by atoms with Crippen LogP contribution in [0.4, 0.5) is 5.13 Å². The first kappa shape index (κ1) is 17.9. The highest BCUT2D eigenvalue weighted by Gasteiger charge is 2.36. The predicted octanol–water partition coefficient (Wildman–Crippen LogP) is 3.27. The number of fused-ring (bicyclic) bond motifs is 3. The van der Waals surface area contributed by atoms with Gasteiger partial charge >= 0.3 is 0 Å². The third-order valence-electron chi connectivity index (χ3n) is 6.44. The van der Waals surface area contributed by atoms with Crippen LogP contribution in [0.15, 0.2) is 36.8 Å². The Morgan fingerprint density at radius 2 is 2.03 bits per heavy atom. The van der Waals surface area contributed by atoms with Gasteiger partial charge in [0.25, 0.3) is 0 Å². The molecule has 0 spiro atoms. The van der Waals surface area contributed by atoms with E-state index in [2.05, 4.69) is 27.5 Å². The molecular formula is C21H23N7OS. The van der Waals surface area contributed by atoms with Crippen LogP contribution in [0.5, 0.6) is 5.75 Å². The summed E-state index contributed by atoms with van der Waals surface area (Å²) in [4.78, 5) is 7.89. The molecule has 2 bridgehead atoms. The minimum absolute atomic E-state index is 0.196. The van der Waals surface area contributed by atoms with Crippen LogP contribution in [0.3, 0.4) is 0 Å². The van der Waals surface area contributed by atoms with E-state index in [1.165, 1.54) is 25.7 Å². The van der Waals surface area contributed by atoms with Gasteiger partial charge in [0, 0.05) is 42.5 Å². The molecule has 2 fully saturated rings. The van der Waals surface area contributed by atoms with Gasteiger partial charge in [-0.2, -0.15) is 5.10 Å². The van der Waals surface area contributed by atoms with Crippen molar-refractivity contribution in [3.8, 4) is 28.1 Å². The molecule has 0 amide bonds. The fourth-order valence-corrected chi connectivity index (χ4v) is 5.71. The van der Waals surface area contributed by atoms with Crippen molar-refractivity contribution < 1.29 is 5.11 Å². The number of nitrogens with one attached hydrogen (secondary N) is 2. The van der Waals surface area contributed by atoms with Gasteiger partial charge < -0.3 is 15.3 Å². The lowest BCUT2D eigenvalue weighted by atomic mass is 9.99. The Labute approximate surface area is 177 Å². The van der Waals surface area contributed by atoms with Gasteiger partial charge in [-0.25, -0.2) is 9.50 Å². The number of benzene rings is 1. The Bertz CT molecular complexity index is 1150. The average molecular weight is 422 g/mol. The van der Waals surface area contributed by atoms with Crippen LogP contribution in [0.25, 0.3) is 27.3 Å². The van der Waals surface area contributed by atoms with Crippen LogP contribution in [0.1, 0.15) is 25.7 Å². The van der Waals surface area contributed by atoms with Crippen molar-refractivity contribution in [2.24, 2.45) is 0 Å². The molecule has 2 unspecified atom stereocenters. The Kier molecular flexibility index (Phi) is 4.07. The molecule has 0 aliphatic carbocycles. The number of phenolic OH excluding ortho intramolecular Hbond substituents is 1. The molecule has 2 saturated heterocycles. The Morgan fingerprint density at radius 3 is 2.73 bits per heavy atom. The average Bonchev–Trinajstić information content (AvgIpc) is 3.51. The highest BCUT2D eigenvalue weighted by atomic mass is 32.1. The zero-order valence-electron chi connectivity index (χ0n) is 16.6. The molecule has 0 saturated carbocycles. The fourth-order valence-electron chi connectivity index (χ4n) is 4.80. The first-order valence-electron chi connectivity index (χ1n) is 10.3. The van der Waals surface area contributed by atoms with E-state index in [0.29, 0.717) is 23.7 Å². The van der Waals surface area contributed by atoms with Gasteiger partial charge in [-0.3, -0.25) is 5.10 Å². The van der Waals surface area contributed by atoms with Crippen LogP contribution in [-0.4, -0.2) is 55.1 Å². The van der Waals surface area contributed by atoms with E-state index in [1.54, 1.807) is 29.8 Å². The summed E-state index contributed by atoms with van der Waals surface area (Å²) in [6.07, 6.45) is 10.4. The maximum Gasteiger partial charge on any atom is 0.214 e. The lowest BCUT2D eigenvalue weighted by Crippen LogP contribution is -2.47. The smallest absolute Gasteiger partial charge is 0.214 e. The first-order valence-corrected chi connectivity index (χ1v) is 11.1. The maximum absolute atomic E-state index is 10.6. The summed E-state index contributed by atoms with van der Waals surface area (Å²) in [6.45, 7) is 0. The molecule has 9 heteroatoms. The fraction of sp³-hybridized carbons (Fsp3) is 0.381. The van der Waals surface area contributed by atoms with Gasteiger partial charge in [0.15, 0.2) is 0 Å². The number of aromatic amines is 1. The van der Waals surface area contributed by atoms with Crippen LogP contribution in [0.2, 0.25) is 0 Å². The third-order valence-corrected chi connectivity index (χ3v) is 7.45. The Balaban J connectivity index is 1.26. The maximum atomic E-state index is 10.6. The molecule has 5 heterocycles. The molecule has 2 atom stereocenters. The second-order valence-electron chi connectivity index (χ2n) is 8.33. The molecule has 0 radical (unpaired) electrons. The number of aromatic nitrogens is 5. The molecular weight excluding hydrogens is 398 g/mol. The summed E-state index contributed by atoms with van der Waals surface area (Å²) in [6, 6.07) is 7.43. The van der Waals surface area contributed by atoms with E-state index < -0.39 is 0 Å². The Hall–Kier alpha value is -2.91. The Morgan fingerprint density at radius 1 is 1.20 bits per heavy atom. The molecule has 8 nitrogen and oxygen atoms in total. The molecule has 2 aliphatic rings. The largest absolute Gasteiger partial charge is 0.507 e. The molecule has 30 heavy (non-hydrogen) atoms. The molecule has 6 rings (SSSR count). The standard InChI is InChI=1S/C21H23N7OS/c1-27(16-7-14-3-4-15(8-16)24-14)21-26-28-11-18(25-20(28)30-21)17-5-2-12(6-19(17)29)13-9-22-23-10-13/h2,5-6,9-11,14-16,24,29H,3-4,7-8H2,1H3,(H,22,23). The van der Waals surface area contributed by atoms with Crippen LogP contribution >= 0.6 is 11.3 Å². The summed E-state index contributed by atoms with van der Waals surface area (Å²) < 4.78 is 1.82. The van der Waals surface area contributed by atoms with Crippen LogP contribution in [-0.2, 0) is 0 Å². The predicted molar refractivity (Wildman–Crippen MR) is 117 cm³/mol. The SMILES string of the molecule is CN(c1nn2cc(-c3ccc(-c4cn[nH]c4)cc3O)nc2s1)C1CC2CCC(C1)N2. The number of H-pyrrole nitrogens is 1. The highest BCUT2D eigenvalue weighted by Crippen LogP contribution is 2.36. The van der Waals surface area contributed by atoms with Crippen molar-refractivity contribution in [1.29, 1.82) is 0 Å². The normalized spacial score (nSPS) is 23.3. The van der Waals surface area contributed by atoms with E-state index >= 15 is 0 Å². The first-order chi connectivity index (χ1) is 14.6. The zero-order valence-corrected chi connectivity index (χ0v) is 17.4. The van der Waals surface area contributed by atoms with E-state index in [1.807, 2.05) is 22.8 Å². The van der Waals surface area contributed by atoms with Crippen molar-refractivity contribution in [2.75, 3.05) is 11.9 Å². The highest BCUT2D eigenvalue weighted by molar-refractivity contribution is 7.20. The zero-order chi connectivity index (χ0) is 20.2. The second-order valence-corrected chi connectivity index (χ2v) is 9.27. The number of aromatic hydroxyl groups is 1. The van der Waals surface area contributed by atoms with E-state index in [9.17, 15) is 5.11 Å². The molecule has 1 aromatic carbocycles. The van der Waals surface area contributed by atoms with Crippen LogP contribution in [0, 0.1) is 0 Å². The van der Waals surface area contributed by atoms with E-state index in [4.69, 9.17) is 10.1 Å². The summed E-state index contributed by atoms with van der Waals surface area (Å²) in [5, 5.41) is 26.8. The monoisotopic (exact) mass is 421 g/mol. The molecule has 154 valence electrons. The van der Waals surface area contributed by atoms with Gasteiger partial charge in [-0.15, -0.1) is 5.10 Å². The van der Waals surface area contributed by atoms with E-state index in [0.717, 1.165) is 26.9 Å². The molecule has 2 aliphatic heterocycles. The van der Waals surface area contributed by atoms with Gasteiger partial charge in [0.1, 0.15) is 5.75 Å². The van der Waals surface area contributed by atoms with Crippen molar-refractivity contribution in [3.05, 3.63) is 36.8 Å². The number of phenols is 1. The minimum Gasteiger partial charge on any atom is -0.507 e. The number of piperidine rings is 1. The number of hydrogen-bond donors (Lipinski definition) is 3. The lowest BCUT2D eigenvalue weighted by molar-refractivity contribution is 0.354. The van der Waals surface area contributed by atoms with Crippen molar-refractivity contribution in [3.63, 3.8) is 0 Å². The number of imidazole rings is 1. The number of nitrogens with zero attached hydrogens (tertiary/aromatic N) is 5. The number of anilines is 1. The quantitative estimate of drug-likeness (QED) is 0.468.